The molecule has 182 valence electrons. The van der Waals surface area contributed by atoms with Gasteiger partial charge >= 0.3 is 6.01 Å². The first-order chi connectivity index (χ1) is 16.8. The fraction of sp³-hybridized carbons (Fsp3) is 0.261. The normalized spacial score (nSPS) is 15.4. The highest BCUT2D eigenvalue weighted by atomic mass is 35.5. The third-order valence-corrected chi connectivity index (χ3v) is 8.03. The molecule has 0 unspecified atom stereocenters. The number of benzene rings is 2. The lowest BCUT2D eigenvalue weighted by atomic mass is 9.97. The van der Waals surface area contributed by atoms with Crippen LogP contribution in [0.15, 0.2) is 62.3 Å². The number of furan rings is 1. The zero-order valence-corrected chi connectivity index (χ0v) is 20.2. The van der Waals surface area contributed by atoms with Gasteiger partial charge in [0.15, 0.2) is 17.1 Å². The first-order valence-corrected chi connectivity index (χ1v) is 12.6. The molecule has 2 aromatic carbocycles. The molecule has 4 aromatic rings. The number of methoxy groups -OCH3 is 1. The van der Waals surface area contributed by atoms with E-state index in [1.54, 1.807) is 19.2 Å². The Hall–Kier alpha value is -3.41. The van der Waals surface area contributed by atoms with Gasteiger partial charge in [0.25, 0.3) is 5.89 Å². The Labute approximate surface area is 205 Å². The summed E-state index contributed by atoms with van der Waals surface area (Å²) in [7, 11) is -2.10. The Balaban J connectivity index is 1.22. The van der Waals surface area contributed by atoms with Gasteiger partial charge in [-0.25, -0.2) is 8.42 Å². The summed E-state index contributed by atoms with van der Waals surface area (Å²) in [6.07, 6.45) is 0.728. The number of carbonyl (C=O) groups excluding carboxylic acids is 1. The van der Waals surface area contributed by atoms with Crippen molar-refractivity contribution >= 4 is 44.5 Å². The van der Waals surface area contributed by atoms with Crippen molar-refractivity contribution in [2.24, 2.45) is 5.92 Å². The van der Waals surface area contributed by atoms with Gasteiger partial charge in [0.05, 0.1) is 12.0 Å². The number of anilines is 1. The van der Waals surface area contributed by atoms with Crippen LogP contribution in [0.4, 0.5) is 6.01 Å². The minimum Gasteiger partial charge on any atom is -0.493 e. The highest BCUT2D eigenvalue weighted by Crippen LogP contribution is 2.33. The van der Waals surface area contributed by atoms with Gasteiger partial charge in [0.1, 0.15) is 0 Å². The number of rotatable bonds is 6. The zero-order valence-electron chi connectivity index (χ0n) is 18.6. The molecular weight excluding hydrogens is 496 g/mol. The van der Waals surface area contributed by atoms with Crippen molar-refractivity contribution < 1.29 is 26.8 Å². The van der Waals surface area contributed by atoms with Crippen LogP contribution in [0.5, 0.6) is 5.75 Å². The second-order valence-corrected chi connectivity index (χ2v) is 10.4. The average molecular weight is 517 g/mol. The fourth-order valence-corrected chi connectivity index (χ4v) is 5.59. The number of aromatic nitrogens is 2. The number of fused-ring (bicyclic) bond motifs is 1. The molecule has 0 aliphatic carbocycles. The standard InChI is InChI=1S/C23H21ClN4O6S/c1-32-18-4-2-3-15-13-19(33-20(15)18)22-26-27-23(34-22)25-21(29)14-9-11-28(12-10-14)35(30,31)17-7-5-16(24)6-8-17/h2-8,13-14H,9-12H2,1H3,(H,25,27,29). The number of sulfonamides is 1. The Bertz CT molecular complexity index is 1470. The summed E-state index contributed by atoms with van der Waals surface area (Å²) in [5.74, 6) is 0.333. The van der Waals surface area contributed by atoms with Crippen LogP contribution in [0, 0.1) is 5.92 Å². The second-order valence-electron chi connectivity index (χ2n) is 8.02. The second kappa shape index (κ2) is 9.33. The van der Waals surface area contributed by atoms with Crippen LogP contribution in [0.1, 0.15) is 12.8 Å². The molecule has 0 atom stereocenters. The Kier molecular flexibility index (Phi) is 6.22. The van der Waals surface area contributed by atoms with E-state index >= 15 is 0 Å². The number of halogens is 1. The van der Waals surface area contributed by atoms with E-state index in [1.807, 2.05) is 12.1 Å². The van der Waals surface area contributed by atoms with Crippen molar-refractivity contribution in [3.8, 4) is 17.4 Å². The molecule has 1 aliphatic rings. The smallest absolute Gasteiger partial charge is 0.322 e. The van der Waals surface area contributed by atoms with E-state index in [9.17, 15) is 13.2 Å². The third kappa shape index (κ3) is 4.62. The number of piperidine rings is 1. The van der Waals surface area contributed by atoms with Crippen molar-refractivity contribution in [1.82, 2.24) is 14.5 Å². The topological polar surface area (TPSA) is 128 Å². The van der Waals surface area contributed by atoms with E-state index in [0.717, 1.165) is 5.39 Å². The molecule has 0 radical (unpaired) electrons. The minimum atomic E-state index is -3.65. The van der Waals surface area contributed by atoms with Gasteiger partial charge in [-0.3, -0.25) is 10.1 Å². The van der Waals surface area contributed by atoms with Gasteiger partial charge in [-0.05, 0) is 49.2 Å². The van der Waals surface area contributed by atoms with E-state index in [-0.39, 0.29) is 35.8 Å². The molecule has 0 bridgehead atoms. The molecule has 1 aliphatic heterocycles. The molecule has 3 heterocycles. The zero-order chi connectivity index (χ0) is 24.6. The highest BCUT2D eigenvalue weighted by Gasteiger charge is 2.32. The summed E-state index contributed by atoms with van der Waals surface area (Å²) >= 11 is 5.85. The van der Waals surface area contributed by atoms with Crippen LogP contribution < -0.4 is 10.1 Å². The lowest BCUT2D eigenvalue weighted by molar-refractivity contribution is -0.121. The number of carbonyl (C=O) groups is 1. The number of nitrogens with zero attached hydrogens (tertiary/aromatic N) is 3. The van der Waals surface area contributed by atoms with E-state index in [4.69, 9.17) is 25.2 Å². The van der Waals surface area contributed by atoms with E-state index in [2.05, 4.69) is 15.5 Å². The third-order valence-electron chi connectivity index (χ3n) is 5.87. The molecule has 5 rings (SSSR count). The molecule has 35 heavy (non-hydrogen) atoms. The summed E-state index contributed by atoms with van der Waals surface area (Å²) in [5.41, 5.74) is 0.550. The van der Waals surface area contributed by atoms with Crippen molar-refractivity contribution in [3.05, 3.63) is 53.6 Å². The van der Waals surface area contributed by atoms with Crippen molar-refractivity contribution in [1.29, 1.82) is 0 Å². The lowest BCUT2D eigenvalue weighted by Crippen LogP contribution is -2.41. The maximum absolute atomic E-state index is 12.8. The van der Waals surface area contributed by atoms with Crippen LogP contribution in [-0.2, 0) is 14.8 Å². The van der Waals surface area contributed by atoms with Crippen molar-refractivity contribution in [2.45, 2.75) is 17.7 Å². The SMILES string of the molecule is COc1cccc2cc(-c3nnc(NC(=O)C4CCN(S(=O)(=O)c5ccc(Cl)cc5)CC4)o3)oc12. The Morgan fingerprint density at radius 3 is 2.57 bits per heavy atom. The van der Waals surface area contributed by atoms with Crippen LogP contribution in [0.2, 0.25) is 5.02 Å². The van der Waals surface area contributed by atoms with Gasteiger partial charge in [0.2, 0.25) is 15.9 Å². The monoisotopic (exact) mass is 516 g/mol. The van der Waals surface area contributed by atoms with Gasteiger partial charge < -0.3 is 13.6 Å². The average Bonchev–Trinajstić information content (AvgIpc) is 3.51. The molecule has 1 amide bonds. The largest absolute Gasteiger partial charge is 0.493 e. The first-order valence-electron chi connectivity index (χ1n) is 10.8. The predicted octanol–water partition coefficient (Wildman–Crippen LogP) is 4.18. The Morgan fingerprint density at radius 1 is 1.11 bits per heavy atom. The highest BCUT2D eigenvalue weighted by molar-refractivity contribution is 7.89. The van der Waals surface area contributed by atoms with E-state index in [0.29, 0.717) is 35.0 Å². The fourth-order valence-electron chi connectivity index (χ4n) is 4.00. The van der Waals surface area contributed by atoms with Gasteiger partial charge in [-0.15, -0.1) is 5.10 Å². The molecule has 1 saturated heterocycles. The number of para-hydroxylation sites is 1. The first kappa shape index (κ1) is 23.3. The summed E-state index contributed by atoms with van der Waals surface area (Å²) in [4.78, 5) is 12.9. The van der Waals surface area contributed by atoms with Crippen LogP contribution in [-0.4, -0.2) is 49.0 Å². The molecule has 12 heteroatoms. The van der Waals surface area contributed by atoms with Gasteiger partial charge in [-0.2, -0.15) is 4.31 Å². The summed E-state index contributed by atoms with van der Waals surface area (Å²) in [6.45, 7) is 0.442. The van der Waals surface area contributed by atoms with Gasteiger partial charge in [-0.1, -0.05) is 28.8 Å². The van der Waals surface area contributed by atoms with Crippen molar-refractivity contribution in [2.75, 3.05) is 25.5 Å². The molecule has 0 spiro atoms. The molecule has 1 fully saturated rings. The maximum Gasteiger partial charge on any atom is 0.322 e. The lowest BCUT2D eigenvalue weighted by Gasteiger charge is -2.30. The molecule has 1 N–H and O–H groups in total. The minimum absolute atomic E-state index is 0.0614. The van der Waals surface area contributed by atoms with Crippen LogP contribution >= 0.6 is 11.6 Å². The number of hydrogen-bond donors (Lipinski definition) is 1. The molecule has 2 aromatic heterocycles. The number of nitrogens with one attached hydrogen (secondary N) is 1. The summed E-state index contributed by atoms with van der Waals surface area (Å²) in [6, 6.07) is 13.2. The van der Waals surface area contributed by atoms with Crippen LogP contribution in [0.3, 0.4) is 0 Å². The maximum atomic E-state index is 12.8. The number of amides is 1. The number of hydrogen-bond acceptors (Lipinski definition) is 8. The van der Waals surface area contributed by atoms with E-state index < -0.39 is 15.9 Å². The van der Waals surface area contributed by atoms with Gasteiger partial charge in [0, 0.05) is 29.4 Å². The van der Waals surface area contributed by atoms with E-state index in [1.165, 1.54) is 28.6 Å². The molecule has 0 saturated carbocycles. The number of ether oxygens (including phenoxy) is 1. The quantitative estimate of drug-likeness (QED) is 0.404. The van der Waals surface area contributed by atoms with Crippen molar-refractivity contribution in [3.63, 3.8) is 0 Å². The summed E-state index contributed by atoms with van der Waals surface area (Å²) in [5, 5.41) is 11.7. The Morgan fingerprint density at radius 2 is 1.86 bits per heavy atom. The predicted molar refractivity (Wildman–Crippen MR) is 128 cm³/mol. The molecule has 10 nitrogen and oxygen atoms in total. The van der Waals surface area contributed by atoms with Crippen LogP contribution in [0.25, 0.3) is 22.6 Å². The summed E-state index contributed by atoms with van der Waals surface area (Å²) < 4.78 is 43.7. The molecular formula is C23H21ClN4O6S.